The summed E-state index contributed by atoms with van der Waals surface area (Å²) in [5, 5.41) is 12.1. The summed E-state index contributed by atoms with van der Waals surface area (Å²) in [5.41, 5.74) is -0.427. The second-order valence-electron chi connectivity index (χ2n) is 9.63. The van der Waals surface area contributed by atoms with E-state index in [0.717, 1.165) is 42.5 Å². The molecule has 2 aromatic carbocycles. The molecule has 11 heteroatoms. The van der Waals surface area contributed by atoms with Crippen LogP contribution in [0.5, 0.6) is 0 Å². The Kier molecular flexibility index (Phi) is 6.64. The zero-order chi connectivity index (χ0) is 27.9. The van der Waals surface area contributed by atoms with Gasteiger partial charge in [-0.2, -0.15) is 23.0 Å². The first-order valence-corrected chi connectivity index (χ1v) is 12.5. The Bertz CT molecular complexity index is 1650. The number of halogens is 3. The minimum atomic E-state index is -4.60. The lowest BCUT2D eigenvalue weighted by atomic mass is 10.1. The Morgan fingerprint density at radius 3 is 2.44 bits per heavy atom. The van der Waals surface area contributed by atoms with E-state index in [4.69, 9.17) is 0 Å². The van der Waals surface area contributed by atoms with E-state index in [-0.39, 0.29) is 23.0 Å². The number of carbonyl (C=O) groups is 1. The maximum absolute atomic E-state index is 13.9. The Labute approximate surface area is 222 Å². The summed E-state index contributed by atoms with van der Waals surface area (Å²) in [6, 6.07) is 13.2. The van der Waals surface area contributed by atoms with Crippen LogP contribution in [0, 0.1) is 11.3 Å². The van der Waals surface area contributed by atoms with E-state index in [1.54, 1.807) is 59.9 Å². The van der Waals surface area contributed by atoms with Crippen molar-refractivity contribution in [3.63, 3.8) is 0 Å². The van der Waals surface area contributed by atoms with Crippen LogP contribution in [-0.2, 0) is 20.3 Å². The van der Waals surface area contributed by atoms with Gasteiger partial charge in [0.2, 0.25) is 0 Å². The molecule has 0 unspecified atom stereocenters. The van der Waals surface area contributed by atoms with Crippen molar-refractivity contribution in [2.45, 2.75) is 37.9 Å². The number of benzene rings is 2. The maximum atomic E-state index is 13.9. The van der Waals surface area contributed by atoms with Gasteiger partial charge in [-0.1, -0.05) is 18.9 Å². The number of aryl methyl sites for hydroxylation is 1. The van der Waals surface area contributed by atoms with E-state index in [1.807, 2.05) is 0 Å². The lowest BCUT2D eigenvalue weighted by Crippen LogP contribution is -2.37. The van der Waals surface area contributed by atoms with Crippen molar-refractivity contribution in [3.8, 4) is 29.0 Å². The highest BCUT2D eigenvalue weighted by Crippen LogP contribution is 2.31. The molecule has 1 fully saturated rings. The van der Waals surface area contributed by atoms with E-state index in [1.165, 1.54) is 16.8 Å². The number of carbonyl (C=O) groups excluding carboxylic acids is 1. The number of nitrogens with one attached hydrogen (secondary N) is 1. The first-order valence-electron chi connectivity index (χ1n) is 12.5. The largest absolute Gasteiger partial charge is 0.416 e. The number of alkyl halides is 3. The summed E-state index contributed by atoms with van der Waals surface area (Å²) < 4.78 is 46.5. The fourth-order valence-electron chi connectivity index (χ4n) is 5.16. The number of hydrogen-bond donors (Lipinski definition) is 1. The van der Waals surface area contributed by atoms with Crippen molar-refractivity contribution in [3.05, 3.63) is 88.0 Å². The van der Waals surface area contributed by atoms with Crippen LogP contribution in [0.2, 0.25) is 0 Å². The first-order chi connectivity index (χ1) is 18.6. The number of amides is 1. The minimum Gasteiger partial charge on any atom is -0.349 e. The summed E-state index contributed by atoms with van der Waals surface area (Å²) >= 11 is 0. The van der Waals surface area contributed by atoms with Crippen LogP contribution in [0.15, 0.2) is 65.7 Å². The highest BCUT2D eigenvalue weighted by atomic mass is 19.4. The molecule has 2 aromatic heterocycles. The fraction of sp³-hybridized carbons (Fsp3) is 0.286. The van der Waals surface area contributed by atoms with Crippen LogP contribution in [-0.4, -0.2) is 25.9 Å². The van der Waals surface area contributed by atoms with E-state index >= 15 is 0 Å². The first kappa shape index (κ1) is 26.0. The number of rotatable bonds is 5. The van der Waals surface area contributed by atoms with Gasteiger partial charge < -0.3 is 5.32 Å². The smallest absolute Gasteiger partial charge is 0.349 e. The monoisotopic (exact) mass is 535 g/mol. The molecule has 39 heavy (non-hydrogen) atoms. The molecule has 0 bridgehead atoms. The van der Waals surface area contributed by atoms with Gasteiger partial charge in [-0.3, -0.25) is 14.3 Å². The van der Waals surface area contributed by atoms with Crippen molar-refractivity contribution in [2.75, 3.05) is 0 Å². The number of hydrogen-bond acceptors (Lipinski definition) is 3. The van der Waals surface area contributed by atoms with E-state index < -0.39 is 23.2 Å². The van der Waals surface area contributed by atoms with Gasteiger partial charge in [-0.15, -0.1) is 0 Å². The third-order valence-electron chi connectivity index (χ3n) is 7.09. The van der Waals surface area contributed by atoms with Gasteiger partial charge in [-0.05, 0) is 55.3 Å². The molecular formula is C28H26F3N6O2+. The van der Waals surface area contributed by atoms with Crippen molar-refractivity contribution in [1.82, 2.24) is 19.2 Å². The van der Waals surface area contributed by atoms with Crippen LogP contribution in [0.1, 0.15) is 47.2 Å². The molecule has 8 nitrogen and oxygen atoms in total. The van der Waals surface area contributed by atoms with Crippen LogP contribution < -0.4 is 15.4 Å². The number of nitriles is 1. The Morgan fingerprint density at radius 2 is 1.79 bits per heavy atom. The minimum absolute atomic E-state index is 0.0161. The second-order valence-corrected chi connectivity index (χ2v) is 9.63. The summed E-state index contributed by atoms with van der Waals surface area (Å²) in [4.78, 5) is 27.5. The Morgan fingerprint density at radius 1 is 1.10 bits per heavy atom. The second kappa shape index (κ2) is 9.94. The van der Waals surface area contributed by atoms with Crippen molar-refractivity contribution < 1.29 is 22.5 Å². The van der Waals surface area contributed by atoms with Gasteiger partial charge in [0.1, 0.15) is 23.6 Å². The molecule has 0 atom stereocenters. The Hall–Kier alpha value is -4.59. The van der Waals surface area contributed by atoms with Crippen LogP contribution in [0.3, 0.4) is 0 Å². The number of nitrogens with zero attached hydrogens (tertiary/aromatic N) is 5. The molecule has 200 valence electrons. The lowest BCUT2D eigenvalue weighted by molar-refractivity contribution is -0.659. The molecule has 5 rings (SSSR count). The van der Waals surface area contributed by atoms with E-state index in [9.17, 15) is 28.0 Å². The maximum Gasteiger partial charge on any atom is 0.416 e. The molecule has 2 heterocycles. The van der Waals surface area contributed by atoms with Crippen molar-refractivity contribution in [2.24, 2.45) is 14.1 Å². The molecule has 1 amide bonds. The predicted molar refractivity (Wildman–Crippen MR) is 136 cm³/mol. The number of imidazole rings is 1. The molecule has 0 saturated heterocycles. The third kappa shape index (κ3) is 4.74. The summed E-state index contributed by atoms with van der Waals surface area (Å²) in [5.74, 6) is -0.114. The van der Waals surface area contributed by atoms with E-state index in [0.29, 0.717) is 17.1 Å². The molecular weight excluding hydrogens is 509 g/mol. The SMILES string of the molecule is Cn1c(-c2n(-c3ccc(C#N)cc3)cc[n+]2C)c(C(=O)NC2CCCC2)c(=O)n1-c1cccc(C(F)(F)F)c1. The number of aromatic nitrogens is 4. The molecule has 0 spiro atoms. The van der Waals surface area contributed by atoms with Crippen LogP contribution in [0.25, 0.3) is 22.9 Å². The molecule has 1 N–H and O–H groups in total. The van der Waals surface area contributed by atoms with Crippen LogP contribution >= 0.6 is 0 Å². The molecule has 0 radical (unpaired) electrons. The summed E-state index contributed by atoms with van der Waals surface area (Å²) in [6.45, 7) is 0. The fourth-order valence-corrected chi connectivity index (χ4v) is 5.16. The van der Waals surface area contributed by atoms with Gasteiger partial charge >= 0.3 is 12.0 Å². The molecule has 1 saturated carbocycles. The standard InChI is InChI=1S/C28H25F3N6O2/c1-34-14-15-36(21-12-10-18(17-32)11-13-21)26(34)24-23(25(38)33-20-7-3-4-8-20)27(39)37(35(24)2)22-9-5-6-19(16-22)28(29,30)31/h5-6,9-16,20H,3-4,7-8H2,1-2H3/p+1. The zero-order valence-electron chi connectivity index (χ0n) is 21.4. The van der Waals surface area contributed by atoms with Gasteiger partial charge in [0.15, 0.2) is 5.69 Å². The topological polar surface area (TPSA) is 88.6 Å². The molecule has 0 aliphatic heterocycles. The highest BCUT2D eigenvalue weighted by Gasteiger charge is 2.35. The lowest BCUT2D eigenvalue weighted by Gasteiger charge is -2.13. The third-order valence-corrected chi connectivity index (χ3v) is 7.09. The molecule has 1 aliphatic carbocycles. The summed E-state index contributed by atoms with van der Waals surface area (Å²) in [6.07, 6.45) is 2.43. The van der Waals surface area contributed by atoms with Gasteiger partial charge in [-0.25, -0.2) is 9.25 Å². The van der Waals surface area contributed by atoms with E-state index in [2.05, 4.69) is 11.4 Å². The van der Waals surface area contributed by atoms with Gasteiger partial charge in [0.05, 0.1) is 29.9 Å². The normalized spacial score (nSPS) is 13.9. The summed E-state index contributed by atoms with van der Waals surface area (Å²) in [7, 11) is 3.29. The average molecular weight is 536 g/mol. The molecule has 1 aliphatic rings. The highest BCUT2D eigenvalue weighted by molar-refractivity contribution is 5.99. The van der Waals surface area contributed by atoms with Gasteiger partial charge in [0, 0.05) is 13.1 Å². The average Bonchev–Trinajstić information content (AvgIpc) is 3.61. The Balaban J connectivity index is 1.75. The van der Waals surface area contributed by atoms with Crippen molar-refractivity contribution in [1.29, 1.82) is 5.26 Å². The van der Waals surface area contributed by atoms with Crippen LogP contribution in [0.4, 0.5) is 13.2 Å². The zero-order valence-corrected chi connectivity index (χ0v) is 21.4. The van der Waals surface area contributed by atoms with Crippen molar-refractivity contribution >= 4 is 5.91 Å². The molecule has 4 aromatic rings. The quantitative estimate of drug-likeness (QED) is 0.392. The predicted octanol–water partition coefficient (Wildman–Crippen LogP) is 4.02. The van der Waals surface area contributed by atoms with Gasteiger partial charge in [0.25, 0.3) is 11.5 Å².